The van der Waals surface area contributed by atoms with Crippen molar-refractivity contribution in [3.63, 3.8) is 0 Å². The minimum absolute atomic E-state index is 0.0319. The van der Waals surface area contributed by atoms with E-state index in [4.69, 9.17) is 9.47 Å². The smallest absolute Gasteiger partial charge is 0.235 e. The predicted octanol–water partition coefficient (Wildman–Crippen LogP) is 5.83. The number of fused-ring (bicyclic) bond motifs is 3. The van der Waals surface area contributed by atoms with E-state index in [-0.39, 0.29) is 17.9 Å². The molecule has 6 rings (SSSR count). The first-order valence-corrected chi connectivity index (χ1v) is 12.6. The molecule has 180 valence electrons. The minimum Gasteiger partial charge on any atom is -0.496 e. The van der Waals surface area contributed by atoms with Crippen LogP contribution in [0.1, 0.15) is 60.8 Å². The van der Waals surface area contributed by atoms with Gasteiger partial charge in [-0.1, -0.05) is 67.4 Å². The summed E-state index contributed by atoms with van der Waals surface area (Å²) in [7, 11) is 1.67. The highest BCUT2D eigenvalue weighted by atomic mass is 16.5. The van der Waals surface area contributed by atoms with Crippen molar-refractivity contribution in [3.05, 3.63) is 89.5 Å². The zero-order chi connectivity index (χ0) is 24.0. The molecular formula is C30H31NO4. The summed E-state index contributed by atoms with van der Waals surface area (Å²) < 4.78 is 11.9. The van der Waals surface area contributed by atoms with Crippen molar-refractivity contribution in [1.82, 2.24) is 4.90 Å². The number of ether oxygens (including phenoxy) is 2. The first-order chi connectivity index (χ1) is 17.1. The molecule has 35 heavy (non-hydrogen) atoms. The molecule has 1 saturated carbocycles. The molecule has 2 fully saturated rings. The van der Waals surface area contributed by atoms with E-state index in [1.807, 2.05) is 71.6 Å². The van der Waals surface area contributed by atoms with Gasteiger partial charge >= 0.3 is 0 Å². The fraction of sp³-hybridized carbons (Fsp3) is 0.367. The van der Waals surface area contributed by atoms with Gasteiger partial charge < -0.3 is 19.5 Å². The van der Waals surface area contributed by atoms with Crippen LogP contribution in [0.5, 0.6) is 17.2 Å². The number of carbonyl (C=O) groups excluding carboxylic acids is 1. The van der Waals surface area contributed by atoms with Crippen LogP contribution in [0.25, 0.3) is 0 Å². The molecule has 0 aromatic heterocycles. The van der Waals surface area contributed by atoms with Gasteiger partial charge in [-0.15, -0.1) is 0 Å². The van der Waals surface area contributed by atoms with E-state index >= 15 is 0 Å². The van der Waals surface area contributed by atoms with Gasteiger partial charge in [0.25, 0.3) is 0 Å². The first kappa shape index (κ1) is 22.2. The summed E-state index contributed by atoms with van der Waals surface area (Å²) in [4.78, 5) is 16.6. The van der Waals surface area contributed by atoms with Gasteiger partial charge in [0.15, 0.2) is 0 Å². The van der Waals surface area contributed by atoms with Crippen LogP contribution in [-0.4, -0.2) is 35.2 Å². The molecule has 1 aliphatic carbocycles. The van der Waals surface area contributed by atoms with Crippen molar-refractivity contribution in [1.29, 1.82) is 0 Å². The van der Waals surface area contributed by atoms with E-state index in [2.05, 4.69) is 6.07 Å². The number of hydrogen-bond donors (Lipinski definition) is 1. The van der Waals surface area contributed by atoms with Crippen LogP contribution in [0.2, 0.25) is 0 Å². The highest BCUT2D eigenvalue weighted by Crippen LogP contribution is 2.53. The van der Waals surface area contributed by atoms with Gasteiger partial charge in [-0.3, -0.25) is 4.79 Å². The summed E-state index contributed by atoms with van der Waals surface area (Å²) in [6, 6.07) is 23.4. The van der Waals surface area contributed by atoms with Crippen LogP contribution >= 0.6 is 0 Å². The predicted molar refractivity (Wildman–Crippen MR) is 134 cm³/mol. The highest BCUT2D eigenvalue weighted by molar-refractivity contribution is 5.90. The Labute approximate surface area is 206 Å². The zero-order valence-electron chi connectivity index (χ0n) is 20.0. The lowest BCUT2D eigenvalue weighted by molar-refractivity contribution is -0.156. The monoisotopic (exact) mass is 469 g/mol. The normalized spacial score (nSPS) is 25.6. The quantitative estimate of drug-likeness (QED) is 0.525. The number of piperidine rings is 1. The summed E-state index contributed by atoms with van der Waals surface area (Å²) in [6.45, 7) is 0.510. The summed E-state index contributed by atoms with van der Waals surface area (Å²) in [6.07, 6.45) is 4.36. The third-order valence-corrected chi connectivity index (χ3v) is 8.24. The Balaban J connectivity index is 1.48. The number of hydrogen-bond acceptors (Lipinski definition) is 4. The van der Waals surface area contributed by atoms with Crippen LogP contribution in [0.15, 0.2) is 72.8 Å². The molecule has 1 amide bonds. The number of methoxy groups -OCH3 is 1. The molecule has 0 radical (unpaired) electrons. The third kappa shape index (κ3) is 3.61. The molecule has 2 aliphatic heterocycles. The van der Waals surface area contributed by atoms with Crippen molar-refractivity contribution in [2.75, 3.05) is 13.7 Å². The van der Waals surface area contributed by atoms with E-state index in [9.17, 15) is 9.90 Å². The lowest BCUT2D eigenvalue weighted by Crippen LogP contribution is -2.57. The molecule has 1 saturated heterocycles. The van der Waals surface area contributed by atoms with Crippen LogP contribution in [0.4, 0.5) is 0 Å². The lowest BCUT2D eigenvalue weighted by atomic mass is 9.65. The second kappa shape index (κ2) is 8.72. The summed E-state index contributed by atoms with van der Waals surface area (Å²) >= 11 is 0. The Kier molecular flexibility index (Phi) is 5.53. The molecule has 1 N–H and O–H groups in total. The highest BCUT2D eigenvalue weighted by Gasteiger charge is 2.52. The number of benzene rings is 3. The SMILES string of the molecule is COc1ccccc1[C@@H]1[C@@H]2CCCC[C@@]2(O)CCN1C(=O)C1c2ccccc2Oc2ccccc21. The number of likely N-dealkylation sites (tertiary alicyclic amines) is 1. The summed E-state index contributed by atoms with van der Waals surface area (Å²) in [5, 5.41) is 11.7. The van der Waals surface area contributed by atoms with E-state index in [1.165, 1.54) is 0 Å². The summed E-state index contributed by atoms with van der Waals surface area (Å²) in [5.74, 6) is 1.78. The largest absolute Gasteiger partial charge is 0.496 e. The minimum atomic E-state index is -0.758. The van der Waals surface area contributed by atoms with Crippen LogP contribution < -0.4 is 9.47 Å². The van der Waals surface area contributed by atoms with Gasteiger partial charge in [-0.25, -0.2) is 0 Å². The Bertz CT molecular complexity index is 1210. The number of nitrogens with zero attached hydrogens (tertiary/aromatic N) is 1. The Morgan fingerprint density at radius 1 is 0.914 bits per heavy atom. The second-order valence-corrected chi connectivity index (χ2v) is 10.0. The fourth-order valence-electron chi connectivity index (χ4n) is 6.57. The first-order valence-electron chi connectivity index (χ1n) is 12.6. The molecule has 3 atom stereocenters. The fourth-order valence-corrected chi connectivity index (χ4v) is 6.57. The Hall–Kier alpha value is -3.31. The second-order valence-electron chi connectivity index (χ2n) is 10.0. The average molecular weight is 470 g/mol. The molecule has 3 aliphatic rings. The van der Waals surface area contributed by atoms with Gasteiger partial charge in [0.05, 0.1) is 24.7 Å². The van der Waals surface area contributed by atoms with Gasteiger partial charge in [0, 0.05) is 29.2 Å². The van der Waals surface area contributed by atoms with E-state index in [0.717, 1.165) is 59.6 Å². The standard InChI is InChI=1S/C30H31NO4/c1-34-24-14-5-4-12-22(24)28-23-13-8-9-17-30(23,33)18-19-31(28)29(32)27-20-10-2-6-15-25(20)35-26-16-7-3-11-21(26)27/h2-7,10-12,14-16,23,27-28,33H,8-9,13,17-19H2,1H3/t23-,28+,30+/m0/s1. The third-order valence-electron chi connectivity index (χ3n) is 8.24. The molecule has 0 spiro atoms. The molecule has 5 nitrogen and oxygen atoms in total. The van der Waals surface area contributed by atoms with Gasteiger partial charge in [-0.2, -0.15) is 0 Å². The molecule has 0 bridgehead atoms. The number of carbonyl (C=O) groups is 1. The number of amides is 1. The van der Waals surface area contributed by atoms with Crippen LogP contribution in [0, 0.1) is 5.92 Å². The molecule has 0 unspecified atom stereocenters. The molecular weight excluding hydrogens is 438 g/mol. The maximum Gasteiger partial charge on any atom is 0.235 e. The van der Waals surface area contributed by atoms with E-state index in [1.54, 1.807) is 7.11 Å². The van der Waals surface area contributed by atoms with E-state index in [0.29, 0.717) is 13.0 Å². The molecule has 5 heteroatoms. The van der Waals surface area contributed by atoms with Crippen LogP contribution in [0.3, 0.4) is 0 Å². The zero-order valence-corrected chi connectivity index (χ0v) is 20.0. The molecule has 2 heterocycles. The van der Waals surface area contributed by atoms with Gasteiger partial charge in [0.1, 0.15) is 17.2 Å². The maximum atomic E-state index is 14.6. The van der Waals surface area contributed by atoms with Crippen molar-refractivity contribution in [2.24, 2.45) is 5.92 Å². The molecule has 3 aromatic carbocycles. The summed E-state index contributed by atoms with van der Waals surface area (Å²) in [5.41, 5.74) is 1.99. The number of rotatable bonds is 3. The molecule has 3 aromatic rings. The van der Waals surface area contributed by atoms with Gasteiger partial charge in [0.2, 0.25) is 5.91 Å². The van der Waals surface area contributed by atoms with E-state index < -0.39 is 11.5 Å². The Morgan fingerprint density at radius 2 is 1.54 bits per heavy atom. The topological polar surface area (TPSA) is 59.0 Å². The maximum absolute atomic E-state index is 14.6. The lowest BCUT2D eigenvalue weighted by Gasteiger charge is -2.53. The van der Waals surface area contributed by atoms with Crippen molar-refractivity contribution in [3.8, 4) is 17.2 Å². The number of aliphatic hydroxyl groups is 1. The van der Waals surface area contributed by atoms with Crippen molar-refractivity contribution >= 4 is 5.91 Å². The Morgan fingerprint density at radius 3 is 2.23 bits per heavy atom. The van der Waals surface area contributed by atoms with Crippen molar-refractivity contribution in [2.45, 2.75) is 49.7 Å². The number of para-hydroxylation sites is 3. The van der Waals surface area contributed by atoms with Crippen LogP contribution in [-0.2, 0) is 4.79 Å². The average Bonchev–Trinajstić information content (AvgIpc) is 2.90. The van der Waals surface area contributed by atoms with Crippen molar-refractivity contribution < 1.29 is 19.4 Å². The van der Waals surface area contributed by atoms with Gasteiger partial charge in [-0.05, 0) is 37.5 Å².